The number of aromatic hydroxyl groups is 2. The van der Waals surface area contributed by atoms with Gasteiger partial charge in [-0.2, -0.15) is 0 Å². The molecule has 0 aliphatic carbocycles. The summed E-state index contributed by atoms with van der Waals surface area (Å²) < 4.78 is 0. The summed E-state index contributed by atoms with van der Waals surface area (Å²) in [5.74, 6) is -0.0481. The monoisotopic (exact) mass is 342 g/mol. The summed E-state index contributed by atoms with van der Waals surface area (Å²) in [7, 11) is 0. The van der Waals surface area contributed by atoms with Crippen LogP contribution in [0.3, 0.4) is 0 Å². The molecule has 4 rings (SSSR count). The predicted octanol–water partition coefficient (Wildman–Crippen LogP) is 5.17. The van der Waals surface area contributed by atoms with Crippen molar-refractivity contribution in [1.29, 1.82) is 0 Å². The van der Waals surface area contributed by atoms with E-state index in [1.165, 1.54) is 6.07 Å². The molecule has 0 saturated carbocycles. The molecule has 0 aromatic heterocycles. The van der Waals surface area contributed by atoms with Crippen molar-refractivity contribution in [2.24, 2.45) is 0 Å². The van der Waals surface area contributed by atoms with Crippen molar-refractivity contribution in [2.45, 2.75) is 0 Å². The Morgan fingerprint density at radius 1 is 0.577 bits per heavy atom. The van der Waals surface area contributed by atoms with E-state index in [2.05, 4.69) is 0 Å². The zero-order chi connectivity index (χ0) is 18.4. The van der Waals surface area contributed by atoms with E-state index >= 15 is 0 Å². The maximum atomic E-state index is 11.8. The maximum absolute atomic E-state index is 11.8. The zero-order valence-electron chi connectivity index (χ0n) is 14.0. The van der Waals surface area contributed by atoms with Gasteiger partial charge in [0.25, 0.3) is 0 Å². The molecule has 3 heteroatoms. The smallest absolute Gasteiger partial charge is 0.193 e. The molecule has 0 bridgehead atoms. The summed E-state index contributed by atoms with van der Waals surface area (Å²) in [5, 5.41) is 20.2. The van der Waals surface area contributed by atoms with E-state index in [1.807, 2.05) is 78.9 Å². The first kappa shape index (κ1) is 17.2. The second-order valence-corrected chi connectivity index (χ2v) is 5.72. The van der Waals surface area contributed by atoms with Gasteiger partial charge in [-0.05, 0) is 11.5 Å². The molecule has 0 spiro atoms. The first-order chi connectivity index (χ1) is 12.7. The van der Waals surface area contributed by atoms with E-state index in [0.29, 0.717) is 5.39 Å². The van der Waals surface area contributed by atoms with Gasteiger partial charge in [0.2, 0.25) is 0 Å². The highest BCUT2D eigenvalue weighted by atomic mass is 16.3. The van der Waals surface area contributed by atoms with Crippen LogP contribution in [-0.4, -0.2) is 16.0 Å². The molecule has 0 radical (unpaired) electrons. The minimum Gasteiger partial charge on any atom is -0.504 e. The van der Waals surface area contributed by atoms with Crippen LogP contribution in [0.4, 0.5) is 0 Å². The van der Waals surface area contributed by atoms with E-state index in [-0.39, 0.29) is 17.3 Å². The molecule has 0 unspecified atom stereocenters. The van der Waals surface area contributed by atoms with Gasteiger partial charge in [-0.3, -0.25) is 4.79 Å². The van der Waals surface area contributed by atoms with Crippen molar-refractivity contribution in [1.82, 2.24) is 0 Å². The first-order valence-corrected chi connectivity index (χ1v) is 8.21. The largest absolute Gasteiger partial charge is 0.504 e. The number of phenols is 2. The van der Waals surface area contributed by atoms with E-state index in [0.717, 1.165) is 16.5 Å². The number of hydrogen-bond donors (Lipinski definition) is 2. The number of carbonyl (C=O) groups excluding carboxylic acids is 1. The molecular weight excluding hydrogens is 324 g/mol. The lowest BCUT2D eigenvalue weighted by molar-refractivity contribution is 0.103. The lowest BCUT2D eigenvalue weighted by Crippen LogP contribution is -1.99. The van der Waals surface area contributed by atoms with Crippen LogP contribution >= 0.6 is 0 Å². The second-order valence-electron chi connectivity index (χ2n) is 5.72. The van der Waals surface area contributed by atoms with Crippen molar-refractivity contribution < 1.29 is 15.0 Å². The maximum Gasteiger partial charge on any atom is 0.193 e. The Bertz CT molecular complexity index is 968. The van der Waals surface area contributed by atoms with E-state index in [1.54, 1.807) is 12.1 Å². The van der Waals surface area contributed by atoms with Crippen molar-refractivity contribution >= 4 is 16.6 Å². The summed E-state index contributed by atoms with van der Waals surface area (Å²) in [6.45, 7) is 0. The van der Waals surface area contributed by atoms with Gasteiger partial charge in [-0.15, -0.1) is 0 Å². The number of ketones is 1. The number of rotatable bonds is 2. The summed E-state index contributed by atoms with van der Waals surface area (Å²) in [4.78, 5) is 11.8. The van der Waals surface area contributed by atoms with Gasteiger partial charge >= 0.3 is 0 Å². The molecule has 128 valence electrons. The van der Waals surface area contributed by atoms with Crippen LogP contribution in [-0.2, 0) is 0 Å². The van der Waals surface area contributed by atoms with Crippen LogP contribution in [0.25, 0.3) is 10.8 Å². The number of fused-ring (bicyclic) bond motifs is 1. The Morgan fingerprint density at radius 2 is 1.08 bits per heavy atom. The third-order valence-electron chi connectivity index (χ3n) is 3.95. The molecule has 0 aliphatic rings. The molecule has 0 fully saturated rings. The van der Waals surface area contributed by atoms with Crippen molar-refractivity contribution in [3.05, 3.63) is 108 Å². The summed E-state index contributed by atoms with van der Waals surface area (Å²) in [6, 6.07) is 29.2. The molecule has 4 aromatic rings. The summed E-state index contributed by atoms with van der Waals surface area (Å²) >= 11 is 0. The van der Waals surface area contributed by atoms with E-state index in [9.17, 15) is 9.90 Å². The SMILES string of the molecule is O=C(c1ccccc1)c1ccccc1.Oc1ccc2ccccc2c1O. The Hall–Kier alpha value is -3.59. The van der Waals surface area contributed by atoms with Crippen LogP contribution in [0.5, 0.6) is 11.5 Å². The molecule has 2 N–H and O–H groups in total. The number of carbonyl (C=O) groups is 1. The van der Waals surface area contributed by atoms with Gasteiger partial charge < -0.3 is 10.2 Å². The van der Waals surface area contributed by atoms with Gasteiger partial charge in [-0.1, -0.05) is 91.0 Å². The third kappa shape index (κ3) is 3.90. The molecule has 3 nitrogen and oxygen atoms in total. The first-order valence-electron chi connectivity index (χ1n) is 8.21. The quantitative estimate of drug-likeness (QED) is 0.390. The van der Waals surface area contributed by atoms with Crippen molar-refractivity contribution in [3.8, 4) is 11.5 Å². The van der Waals surface area contributed by atoms with Crippen LogP contribution < -0.4 is 0 Å². The lowest BCUT2D eigenvalue weighted by atomic mass is 10.0. The van der Waals surface area contributed by atoms with Gasteiger partial charge in [0.1, 0.15) is 0 Å². The molecule has 0 aliphatic heterocycles. The van der Waals surface area contributed by atoms with Crippen LogP contribution in [0.15, 0.2) is 97.1 Å². The minimum absolute atomic E-state index is 0.0481. The molecule has 0 atom stereocenters. The Balaban J connectivity index is 0.000000152. The van der Waals surface area contributed by atoms with Crippen molar-refractivity contribution in [2.75, 3.05) is 0 Å². The number of benzene rings is 4. The second kappa shape index (κ2) is 7.99. The molecule has 4 aromatic carbocycles. The Morgan fingerprint density at radius 3 is 1.65 bits per heavy atom. The Kier molecular flexibility index (Phi) is 5.30. The van der Waals surface area contributed by atoms with Crippen molar-refractivity contribution in [3.63, 3.8) is 0 Å². The molecule has 26 heavy (non-hydrogen) atoms. The van der Waals surface area contributed by atoms with E-state index < -0.39 is 0 Å². The van der Waals surface area contributed by atoms with E-state index in [4.69, 9.17) is 5.11 Å². The average Bonchev–Trinajstić information content (AvgIpc) is 2.72. The average molecular weight is 342 g/mol. The van der Waals surface area contributed by atoms with Crippen LogP contribution in [0.1, 0.15) is 15.9 Å². The zero-order valence-corrected chi connectivity index (χ0v) is 14.0. The molecule has 0 saturated heterocycles. The van der Waals surface area contributed by atoms with Crippen LogP contribution in [0.2, 0.25) is 0 Å². The molecular formula is C23H18O3. The predicted molar refractivity (Wildman–Crippen MR) is 104 cm³/mol. The summed E-state index contributed by atoms with van der Waals surface area (Å²) in [6.07, 6.45) is 0. The fourth-order valence-electron chi connectivity index (χ4n) is 2.59. The van der Waals surface area contributed by atoms with Gasteiger partial charge in [0.05, 0.1) is 0 Å². The fourth-order valence-corrected chi connectivity index (χ4v) is 2.59. The van der Waals surface area contributed by atoms with Gasteiger partial charge in [-0.25, -0.2) is 0 Å². The highest BCUT2D eigenvalue weighted by molar-refractivity contribution is 6.08. The highest BCUT2D eigenvalue weighted by Crippen LogP contribution is 2.32. The number of phenolic OH excluding ortho intramolecular Hbond substituents is 2. The molecule has 0 amide bonds. The van der Waals surface area contributed by atoms with Gasteiger partial charge in [0, 0.05) is 16.5 Å². The number of hydrogen-bond acceptors (Lipinski definition) is 3. The fraction of sp³-hybridized carbons (Fsp3) is 0. The normalized spacial score (nSPS) is 10.0. The minimum atomic E-state index is -0.0753. The Labute approximate surface area is 151 Å². The standard InChI is InChI=1S/C13H10O.C10H8O2/c14-13(11-7-3-1-4-8-11)12-9-5-2-6-10-12;11-9-6-5-7-3-1-2-4-8(7)10(9)12/h1-10H;1-6,11-12H. The van der Waals surface area contributed by atoms with Gasteiger partial charge in [0.15, 0.2) is 17.3 Å². The lowest BCUT2D eigenvalue weighted by Gasteiger charge is -2.01. The topological polar surface area (TPSA) is 57.5 Å². The summed E-state index contributed by atoms with van der Waals surface area (Å²) in [5.41, 5.74) is 1.47. The van der Waals surface area contributed by atoms with Crippen LogP contribution in [0, 0.1) is 0 Å². The molecule has 0 heterocycles. The third-order valence-corrected chi connectivity index (χ3v) is 3.95. The highest BCUT2D eigenvalue weighted by Gasteiger charge is 2.06.